The molecule has 0 fully saturated rings. The van der Waals surface area contributed by atoms with Crippen LogP contribution in [0, 0.1) is 11.3 Å². The zero-order valence-corrected chi connectivity index (χ0v) is 12.5. The molecule has 0 saturated carbocycles. The van der Waals surface area contributed by atoms with Crippen LogP contribution in [0.5, 0.6) is 0 Å². The van der Waals surface area contributed by atoms with Crippen LogP contribution in [0.15, 0.2) is 17.2 Å². The fourth-order valence-corrected chi connectivity index (χ4v) is 1.74. The lowest BCUT2D eigenvalue weighted by Gasteiger charge is -2.23. The minimum absolute atomic E-state index is 0.173. The monoisotopic (exact) mass is 281 g/mol. The van der Waals surface area contributed by atoms with Crippen LogP contribution in [-0.2, 0) is 11.3 Å². The van der Waals surface area contributed by atoms with Crippen LogP contribution < -0.4 is 10.9 Å². The minimum atomic E-state index is -0.910. The van der Waals surface area contributed by atoms with Crippen molar-refractivity contribution in [2.24, 2.45) is 11.3 Å². The van der Waals surface area contributed by atoms with Crippen molar-refractivity contribution < 1.29 is 9.90 Å². The molecule has 1 heterocycles. The molecule has 112 valence electrons. The molecule has 6 heteroatoms. The Morgan fingerprint density at radius 1 is 1.55 bits per heavy atom. The number of nitrogens with one attached hydrogen (secondary N) is 1. The van der Waals surface area contributed by atoms with Crippen LogP contribution in [0.1, 0.15) is 34.1 Å². The van der Waals surface area contributed by atoms with Gasteiger partial charge in [-0.1, -0.05) is 20.8 Å². The van der Waals surface area contributed by atoms with Crippen molar-refractivity contribution in [1.82, 2.24) is 9.55 Å². The van der Waals surface area contributed by atoms with Gasteiger partial charge in [0.15, 0.2) is 5.82 Å². The molecule has 0 radical (unpaired) electrons. The summed E-state index contributed by atoms with van der Waals surface area (Å²) in [4.78, 5) is 27.4. The van der Waals surface area contributed by atoms with Gasteiger partial charge >= 0.3 is 5.97 Å². The fraction of sp³-hybridized carbons (Fsp3) is 0.643. The number of anilines is 1. The van der Waals surface area contributed by atoms with Crippen LogP contribution in [0.3, 0.4) is 0 Å². The van der Waals surface area contributed by atoms with Gasteiger partial charge in [0.25, 0.3) is 5.56 Å². The first-order valence-corrected chi connectivity index (χ1v) is 6.83. The molecular formula is C14H23N3O3. The summed E-state index contributed by atoms with van der Waals surface area (Å²) in [6.45, 7) is 8.30. The van der Waals surface area contributed by atoms with Gasteiger partial charge < -0.3 is 15.0 Å². The summed E-state index contributed by atoms with van der Waals surface area (Å²) >= 11 is 0. The van der Waals surface area contributed by atoms with E-state index >= 15 is 0 Å². The van der Waals surface area contributed by atoms with Crippen LogP contribution in [0.4, 0.5) is 5.82 Å². The van der Waals surface area contributed by atoms with Crippen molar-refractivity contribution in [3.63, 3.8) is 0 Å². The van der Waals surface area contributed by atoms with E-state index in [4.69, 9.17) is 0 Å². The van der Waals surface area contributed by atoms with Gasteiger partial charge in [-0.25, -0.2) is 4.98 Å². The van der Waals surface area contributed by atoms with E-state index in [1.807, 2.05) is 20.8 Å². The summed E-state index contributed by atoms with van der Waals surface area (Å²) in [5.74, 6) is -0.331. The second-order valence-electron chi connectivity index (χ2n) is 5.70. The Labute approximate surface area is 118 Å². The quantitative estimate of drug-likeness (QED) is 0.796. The summed E-state index contributed by atoms with van der Waals surface area (Å²) in [6.07, 6.45) is 3.67. The molecule has 0 aliphatic rings. The molecule has 20 heavy (non-hydrogen) atoms. The van der Waals surface area contributed by atoms with E-state index in [9.17, 15) is 14.7 Å². The third kappa shape index (κ3) is 3.82. The summed E-state index contributed by atoms with van der Waals surface area (Å²) in [5, 5.41) is 12.1. The van der Waals surface area contributed by atoms with Gasteiger partial charge in [-0.15, -0.1) is 0 Å². The summed E-state index contributed by atoms with van der Waals surface area (Å²) in [5.41, 5.74) is -1.13. The number of carboxylic acid groups (broad SMARTS) is 1. The Balaban J connectivity index is 2.89. The van der Waals surface area contributed by atoms with Crippen molar-refractivity contribution in [3.8, 4) is 0 Å². The second-order valence-corrected chi connectivity index (χ2v) is 5.70. The highest BCUT2D eigenvalue weighted by Gasteiger charge is 2.31. The average molecular weight is 281 g/mol. The zero-order chi connectivity index (χ0) is 15.3. The standard InChI is InChI=1S/C14H23N3O3/c1-5-14(4,13(19)20)9-16-11-12(18)17(7-6-15-11)8-10(2)3/h6-7,10H,5,8-9H2,1-4H3,(H,15,16)(H,19,20). The third-order valence-electron chi connectivity index (χ3n) is 3.42. The zero-order valence-electron chi connectivity index (χ0n) is 12.5. The van der Waals surface area contributed by atoms with E-state index in [2.05, 4.69) is 10.3 Å². The van der Waals surface area contributed by atoms with Crippen molar-refractivity contribution in [1.29, 1.82) is 0 Å². The van der Waals surface area contributed by atoms with Gasteiger partial charge in [0.2, 0.25) is 0 Å². The summed E-state index contributed by atoms with van der Waals surface area (Å²) in [6, 6.07) is 0. The Hall–Kier alpha value is -1.85. The van der Waals surface area contributed by atoms with Gasteiger partial charge in [0, 0.05) is 25.5 Å². The molecule has 1 aromatic heterocycles. The van der Waals surface area contributed by atoms with Gasteiger partial charge in [0.05, 0.1) is 5.41 Å². The molecule has 0 amide bonds. The van der Waals surface area contributed by atoms with Gasteiger partial charge in [-0.3, -0.25) is 9.59 Å². The molecule has 0 aliphatic heterocycles. The molecular weight excluding hydrogens is 258 g/mol. The third-order valence-corrected chi connectivity index (χ3v) is 3.42. The van der Waals surface area contributed by atoms with E-state index in [-0.39, 0.29) is 17.9 Å². The lowest BCUT2D eigenvalue weighted by atomic mass is 9.88. The highest BCUT2D eigenvalue weighted by atomic mass is 16.4. The van der Waals surface area contributed by atoms with E-state index in [0.29, 0.717) is 18.9 Å². The van der Waals surface area contributed by atoms with Crippen molar-refractivity contribution in [2.45, 2.75) is 40.7 Å². The molecule has 0 bridgehead atoms. The van der Waals surface area contributed by atoms with Crippen molar-refractivity contribution in [3.05, 3.63) is 22.7 Å². The first-order valence-electron chi connectivity index (χ1n) is 6.83. The van der Waals surface area contributed by atoms with Gasteiger partial charge in [-0.05, 0) is 19.3 Å². The molecule has 1 atom stereocenters. The van der Waals surface area contributed by atoms with Crippen LogP contribution >= 0.6 is 0 Å². The molecule has 0 saturated heterocycles. The predicted molar refractivity (Wildman–Crippen MR) is 77.9 cm³/mol. The first-order chi connectivity index (χ1) is 9.30. The van der Waals surface area contributed by atoms with Gasteiger partial charge in [-0.2, -0.15) is 0 Å². The number of carbonyl (C=O) groups is 1. The molecule has 1 rings (SSSR count). The van der Waals surface area contributed by atoms with Crippen LogP contribution in [0.2, 0.25) is 0 Å². The SMILES string of the molecule is CCC(C)(CNc1nccn(CC(C)C)c1=O)C(=O)O. The summed E-state index contributed by atoms with van der Waals surface area (Å²) < 4.78 is 1.59. The number of hydrogen-bond donors (Lipinski definition) is 2. The smallest absolute Gasteiger partial charge is 0.311 e. The lowest BCUT2D eigenvalue weighted by Crippen LogP contribution is -2.36. The average Bonchev–Trinajstić information content (AvgIpc) is 2.38. The Morgan fingerprint density at radius 3 is 2.70 bits per heavy atom. The van der Waals surface area contributed by atoms with Gasteiger partial charge in [0.1, 0.15) is 0 Å². The number of hydrogen-bond acceptors (Lipinski definition) is 4. The maximum Gasteiger partial charge on any atom is 0.311 e. The van der Waals surface area contributed by atoms with E-state index in [1.165, 1.54) is 0 Å². The molecule has 0 spiro atoms. The van der Waals surface area contributed by atoms with E-state index < -0.39 is 11.4 Å². The number of nitrogens with zero attached hydrogens (tertiary/aromatic N) is 2. The van der Waals surface area contributed by atoms with Crippen molar-refractivity contribution in [2.75, 3.05) is 11.9 Å². The number of aliphatic carboxylic acids is 1. The number of aromatic nitrogens is 2. The van der Waals surface area contributed by atoms with E-state index in [0.717, 1.165) is 0 Å². The van der Waals surface area contributed by atoms with Crippen LogP contribution in [0.25, 0.3) is 0 Å². The Morgan fingerprint density at radius 2 is 2.20 bits per heavy atom. The lowest BCUT2D eigenvalue weighted by molar-refractivity contribution is -0.147. The number of carboxylic acids is 1. The minimum Gasteiger partial charge on any atom is -0.481 e. The predicted octanol–water partition coefficient (Wildman–Crippen LogP) is 1.81. The maximum atomic E-state index is 12.2. The molecule has 0 aliphatic carbocycles. The second kappa shape index (κ2) is 6.54. The number of rotatable bonds is 7. The topological polar surface area (TPSA) is 84.2 Å². The van der Waals surface area contributed by atoms with Crippen LogP contribution in [-0.4, -0.2) is 27.2 Å². The molecule has 0 aromatic carbocycles. The first kappa shape index (κ1) is 16.2. The Kier molecular flexibility index (Phi) is 5.30. The molecule has 6 nitrogen and oxygen atoms in total. The van der Waals surface area contributed by atoms with Crippen molar-refractivity contribution >= 4 is 11.8 Å². The highest BCUT2D eigenvalue weighted by molar-refractivity contribution is 5.74. The summed E-state index contributed by atoms with van der Waals surface area (Å²) in [7, 11) is 0. The fourth-order valence-electron chi connectivity index (χ4n) is 1.74. The molecule has 1 unspecified atom stereocenters. The largest absolute Gasteiger partial charge is 0.481 e. The highest BCUT2D eigenvalue weighted by Crippen LogP contribution is 2.21. The molecule has 1 aromatic rings. The maximum absolute atomic E-state index is 12.2. The molecule has 2 N–H and O–H groups in total. The van der Waals surface area contributed by atoms with E-state index in [1.54, 1.807) is 23.9 Å². The Bertz CT molecular complexity index is 525. The normalized spacial score (nSPS) is 14.1.